The first kappa shape index (κ1) is 15.0. The van der Waals surface area contributed by atoms with Gasteiger partial charge in [0.15, 0.2) is 0 Å². The number of nitrogens with one attached hydrogen (secondary N) is 1. The highest BCUT2D eigenvalue weighted by Crippen LogP contribution is 2.30. The van der Waals surface area contributed by atoms with Gasteiger partial charge in [0.2, 0.25) is 0 Å². The summed E-state index contributed by atoms with van der Waals surface area (Å²) in [6.45, 7) is 0.585. The van der Waals surface area contributed by atoms with Gasteiger partial charge in [0.05, 0.1) is 6.26 Å². The number of aryl methyl sites for hydroxylation is 1. The van der Waals surface area contributed by atoms with Crippen molar-refractivity contribution in [2.75, 3.05) is 0 Å². The Morgan fingerprint density at radius 3 is 2.68 bits per heavy atom. The van der Waals surface area contributed by atoms with Crippen LogP contribution in [0.1, 0.15) is 35.8 Å². The van der Waals surface area contributed by atoms with Crippen LogP contribution >= 0.6 is 0 Å². The van der Waals surface area contributed by atoms with Gasteiger partial charge in [-0.1, -0.05) is 12.1 Å². The van der Waals surface area contributed by atoms with E-state index < -0.39 is 6.36 Å². The van der Waals surface area contributed by atoms with Gasteiger partial charge in [-0.25, -0.2) is 0 Å². The van der Waals surface area contributed by atoms with Gasteiger partial charge in [0.25, 0.3) is 0 Å². The number of hydrogen-bond donors (Lipinski definition) is 1. The van der Waals surface area contributed by atoms with Gasteiger partial charge in [0.1, 0.15) is 11.5 Å². The Kier molecular flexibility index (Phi) is 4.11. The van der Waals surface area contributed by atoms with Crippen LogP contribution in [0.3, 0.4) is 0 Å². The van der Waals surface area contributed by atoms with E-state index in [4.69, 9.17) is 4.42 Å². The molecule has 1 N–H and O–H groups in total. The maximum absolute atomic E-state index is 12.1. The lowest BCUT2D eigenvalue weighted by atomic mass is 9.93. The smallest absolute Gasteiger partial charge is 0.469 e. The van der Waals surface area contributed by atoms with Crippen LogP contribution in [0.4, 0.5) is 13.2 Å². The number of alkyl halides is 3. The van der Waals surface area contributed by atoms with Gasteiger partial charge in [-0.05, 0) is 36.6 Å². The Hall–Kier alpha value is -1.95. The first-order valence-corrected chi connectivity index (χ1v) is 7.15. The summed E-state index contributed by atoms with van der Waals surface area (Å²) in [5, 5.41) is 3.42. The van der Waals surface area contributed by atoms with Gasteiger partial charge in [-0.15, -0.1) is 13.2 Å². The van der Waals surface area contributed by atoms with Crippen molar-refractivity contribution >= 4 is 0 Å². The first-order chi connectivity index (χ1) is 10.5. The summed E-state index contributed by atoms with van der Waals surface area (Å²) in [4.78, 5) is 0. The Balaban J connectivity index is 1.59. The first-order valence-electron chi connectivity index (χ1n) is 7.15. The number of rotatable bonds is 4. The van der Waals surface area contributed by atoms with Crippen LogP contribution < -0.4 is 10.1 Å². The van der Waals surface area contributed by atoms with Crippen LogP contribution in [0.5, 0.6) is 5.75 Å². The van der Waals surface area contributed by atoms with Crippen molar-refractivity contribution in [1.29, 1.82) is 0 Å². The number of hydrogen-bond acceptors (Lipinski definition) is 3. The fourth-order valence-electron chi connectivity index (χ4n) is 2.75. The lowest BCUT2D eigenvalue weighted by Gasteiger charge is -2.23. The molecule has 0 aliphatic heterocycles. The SMILES string of the molecule is FC(F)(F)Oc1ccc(CNC2CCCc3occc32)cc1. The molecule has 118 valence electrons. The Morgan fingerprint density at radius 1 is 1.18 bits per heavy atom. The molecule has 1 aliphatic rings. The third-order valence-corrected chi connectivity index (χ3v) is 3.76. The number of halogens is 3. The molecule has 0 spiro atoms. The Morgan fingerprint density at radius 2 is 1.95 bits per heavy atom. The van der Waals surface area contributed by atoms with Crippen LogP contribution in [-0.4, -0.2) is 6.36 Å². The number of furan rings is 1. The third-order valence-electron chi connectivity index (χ3n) is 3.76. The molecule has 1 atom stereocenters. The molecule has 0 radical (unpaired) electrons. The molecule has 1 heterocycles. The molecule has 3 rings (SSSR count). The largest absolute Gasteiger partial charge is 0.573 e. The van der Waals surface area contributed by atoms with Crippen molar-refractivity contribution in [1.82, 2.24) is 5.32 Å². The van der Waals surface area contributed by atoms with Crippen LogP contribution in [-0.2, 0) is 13.0 Å². The van der Waals surface area contributed by atoms with Crippen molar-refractivity contribution in [2.24, 2.45) is 0 Å². The summed E-state index contributed by atoms with van der Waals surface area (Å²) in [5.41, 5.74) is 2.09. The summed E-state index contributed by atoms with van der Waals surface area (Å²) in [5.74, 6) is 0.823. The van der Waals surface area contributed by atoms with E-state index in [2.05, 4.69) is 10.1 Å². The van der Waals surface area contributed by atoms with Gasteiger partial charge in [-0.3, -0.25) is 0 Å². The second-order valence-electron chi connectivity index (χ2n) is 5.32. The summed E-state index contributed by atoms with van der Waals surface area (Å²) >= 11 is 0. The average Bonchev–Trinajstić information content (AvgIpc) is 2.94. The van der Waals surface area contributed by atoms with Crippen molar-refractivity contribution < 1.29 is 22.3 Å². The number of ether oxygens (including phenoxy) is 1. The minimum absolute atomic E-state index is 0.203. The maximum atomic E-state index is 12.1. The van der Waals surface area contributed by atoms with E-state index in [0.717, 1.165) is 30.6 Å². The summed E-state index contributed by atoms with van der Waals surface area (Å²) in [7, 11) is 0. The molecule has 1 aromatic heterocycles. The minimum atomic E-state index is -4.65. The van der Waals surface area contributed by atoms with Gasteiger partial charge in [-0.2, -0.15) is 0 Å². The van der Waals surface area contributed by atoms with Crippen molar-refractivity contribution in [3.63, 3.8) is 0 Å². The van der Waals surface area contributed by atoms with E-state index in [1.807, 2.05) is 6.07 Å². The standard InChI is InChI=1S/C16H16F3NO2/c17-16(18,19)22-12-6-4-11(5-7-12)10-20-14-2-1-3-15-13(14)8-9-21-15/h4-9,14,20H,1-3,10H2. The summed E-state index contributed by atoms with van der Waals surface area (Å²) < 4.78 is 45.6. The van der Waals surface area contributed by atoms with E-state index in [1.54, 1.807) is 18.4 Å². The van der Waals surface area contributed by atoms with E-state index in [0.29, 0.717) is 6.54 Å². The lowest BCUT2D eigenvalue weighted by molar-refractivity contribution is -0.274. The highest BCUT2D eigenvalue weighted by Gasteiger charge is 2.31. The molecule has 1 unspecified atom stereocenters. The van der Waals surface area contributed by atoms with Crippen molar-refractivity contribution in [3.8, 4) is 5.75 Å². The molecule has 2 aromatic rings. The average molecular weight is 311 g/mol. The van der Waals surface area contributed by atoms with Crippen molar-refractivity contribution in [2.45, 2.75) is 38.2 Å². The Labute approximate surface area is 126 Å². The zero-order valence-corrected chi connectivity index (χ0v) is 11.8. The summed E-state index contributed by atoms with van der Waals surface area (Å²) in [6, 6.07) is 8.13. The van der Waals surface area contributed by atoms with Crippen LogP contribution in [0.15, 0.2) is 41.0 Å². The number of benzene rings is 1. The molecule has 22 heavy (non-hydrogen) atoms. The molecular weight excluding hydrogens is 295 g/mol. The molecule has 6 heteroatoms. The molecule has 0 amide bonds. The van der Waals surface area contributed by atoms with E-state index in [9.17, 15) is 13.2 Å². The summed E-state index contributed by atoms with van der Waals surface area (Å²) in [6.07, 6.45) is 0.107. The molecule has 3 nitrogen and oxygen atoms in total. The third kappa shape index (κ3) is 3.62. The fourth-order valence-corrected chi connectivity index (χ4v) is 2.75. The van der Waals surface area contributed by atoms with Gasteiger partial charge < -0.3 is 14.5 Å². The van der Waals surface area contributed by atoms with Gasteiger partial charge >= 0.3 is 6.36 Å². The second kappa shape index (κ2) is 6.04. The fraction of sp³-hybridized carbons (Fsp3) is 0.375. The van der Waals surface area contributed by atoms with Crippen molar-refractivity contribution in [3.05, 3.63) is 53.5 Å². The van der Waals surface area contributed by atoms with Gasteiger partial charge in [0, 0.05) is 24.6 Å². The topological polar surface area (TPSA) is 34.4 Å². The molecule has 1 aromatic carbocycles. The van der Waals surface area contributed by atoms with E-state index in [-0.39, 0.29) is 11.8 Å². The normalized spacial score (nSPS) is 18.0. The maximum Gasteiger partial charge on any atom is 0.573 e. The molecule has 0 saturated carbocycles. The monoisotopic (exact) mass is 311 g/mol. The van der Waals surface area contributed by atoms with Crippen LogP contribution in [0, 0.1) is 0 Å². The van der Waals surface area contributed by atoms with E-state index in [1.165, 1.54) is 17.7 Å². The molecule has 1 aliphatic carbocycles. The molecule has 0 fully saturated rings. The van der Waals surface area contributed by atoms with Crippen LogP contribution in [0.25, 0.3) is 0 Å². The highest BCUT2D eigenvalue weighted by molar-refractivity contribution is 5.28. The predicted octanol–water partition coefficient (Wildman–Crippen LogP) is 4.35. The minimum Gasteiger partial charge on any atom is -0.469 e. The quantitative estimate of drug-likeness (QED) is 0.912. The zero-order valence-electron chi connectivity index (χ0n) is 11.8. The predicted molar refractivity (Wildman–Crippen MR) is 74.4 cm³/mol. The lowest BCUT2D eigenvalue weighted by Crippen LogP contribution is -2.24. The zero-order chi connectivity index (χ0) is 15.6. The molecule has 0 bridgehead atoms. The van der Waals surface area contributed by atoms with E-state index >= 15 is 0 Å². The second-order valence-corrected chi connectivity index (χ2v) is 5.32. The Bertz CT molecular complexity index is 619. The molecule has 0 saturated heterocycles. The highest BCUT2D eigenvalue weighted by atomic mass is 19.4. The van der Waals surface area contributed by atoms with Crippen LogP contribution in [0.2, 0.25) is 0 Å². The molecular formula is C16H16F3NO2. The number of fused-ring (bicyclic) bond motifs is 1.